The minimum atomic E-state index is -0.805. The molecule has 8 nitrogen and oxygen atoms in total. The molecule has 3 N–H and O–H groups in total. The molecule has 2 aromatic rings. The smallest absolute Gasteiger partial charge is 0.313 e. The molecule has 0 radical (unpaired) electrons. The van der Waals surface area contributed by atoms with Crippen molar-refractivity contribution < 1.29 is 19.1 Å². The number of rotatable bonds is 7. The van der Waals surface area contributed by atoms with Crippen molar-refractivity contribution in [1.82, 2.24) is 15.5 Å². The van der Waals surface area contributed by atoms with Crippen molar-refractivity contribution in [2.75, 3.05) is 44.7 Å². The molecule has 164 valence electrons. The molecule has 0 spiro atoms. The molecule has 0 atom stereocenters. The molecule has 1 saturated heterocycles. The van der Waals surface area contributed by atoms with Crippen LogP contribution in [0.4, 0.5) is 5.69 Å². The lowest BCUT2D eigenvalue weighted by Gasteiger charge is -2.26. The average Bonchev–Trinajstić information content (AvgIpc) is 2.79. The van der Waals surface area contributed by atoms with Gasteiger partial charge in [-0.2, -0.15) is 0 Å². The number of amides is 3. The normalized spacial score (nSPS) is 14.0. The summed E-state index contributed by atoms with van der Waals surface area (Å²) in [5.74, 6) is -1.87. The summed E-state index contributed by atoms with van der Waals surface area (Å²) in [6.07, 6.45) is 0. The molecule has 3 rings (SSSR count). The molecule has 2 aromatic carbocycles. The average molecular weight is 425 g/mol. The zero-order chi connectivity index (χ0) is 22.1. The highest BCUT2D eigenvalue weighted by Gasteiger charge is 2.18. The van der Waals surface area contributed by atoms with E-state index in [4.69, 9.17) is 4.74 Å². The summed E-state index contributed by atoms with van der Waals surface area (Å²) in [5.41, 5.74) is 2.70. The van der Waals surface area contributed by atoms with Gasteiger partial charge in [-0.25, -0.2) is 0 Å². The summed E-state index contributed by atoms with van der Waals surface area (Å²) in [6, 6.07) is 14.5. The minimum absolute atomic E-state index is 0.289. The van der Waals surface area contributed by atoms with E-state index in [0.29, 0.717) is 38.4 Å². The van der Waals surface area contributed by atoms with E-state index in [1.165, 1.54) is 0 Å². The number of anilines is 1. The number of hydrogen-bond donors (Lipinski definition) is 3. The number of carbonyl (C=O) groups excluding carboxylic acids is 3. The first-order valence-corrected chi connectivity index (χ1v) is 10.3. The molecule has 0 aliphatic carbocycles. The van der Waals surface area contributed by atoms with Gasteiger partial charge >= 0.3 is 11.8 Å². The van der Waals surface area contributed by atoms with Crippen LogP contribution in [0.25, 0.3) is 0 Å². The number of hydrogen-bond acceptors (Lipinski definition) is 5. The third-order valence-electron chi connectivity index (χ3n) is 5.02. The van der Waals surface area contributed by atoms with Crippen molar-refractivity contribution in [2.45, 2.75) is 13.5 Å². The first-order valence-electron chi connectivity index (χ1n) is 10.3. The van der Waals surface area contributed by atoms with Crippen molar-refractivity contribution in [1.29, 1.82) is 0 Å². The predicted molar refractivity (Wildman–Crippen MR) is 118 cm³/mol. The Morgan fingerprint density at radius 2 is 1.65 bits per heavy atom. The van der Waals surface area contributed by atoms with Crippen LogP contribution in [0, 0.1) is 6.92 Å². The molecule has 0 bridgehead atoms. The lowest BCUT2D eigenvalue weighted by molar-refractivity contribution is -0.136. The fourth-order valence-electron chi connectivity index (χ4n) is 3.19. The van der Waals surface area contributed by atoms with Crippen LogP contribution in [0.1, 0.15) is 21.5 Å². The van der Waals surface area contributed by atoms with Crippen LogP contribution in [0.2, 0.25) is 0 Å². The third kappa shape index (κ3) is 6.91. The summed E-state index contributed by atoms with van der Waals surface area (Å²) in [5, 5.41) is 8.00. The highest BCUT2D eigenvalue weighted by molar-refractivity contribution is 6.40. The Balaban J connectivity index is 1.51. The van der Waals surface area contributed by atoms with Gasteiger partial charge < -0.3 is 20.7 Å². The molecule has 3 amide bonds. The van der Waals surface area contributed by atoms with Gasteiger partial charge in [0, 0.05) is 32.7 Å². The largest absolute Gasteiger partial charge is 0.379 e. The van der Waals surface area contributed by atoms with E-state index in [1.54, 1.807) is 24.3 Å². The Kier molecular flexibility index (Phi) is 8.14. The van der Waals surface area contributed by atoms with Crippen LogP contribution >= 0.6 is 0 Å². The van der Waals surface area contributed by atoms with E-state index in [1.807, 2.05) is 31.2 Å². The Morgan fingerprint density at radius 1 is 0.935 bits per heavy atom. The van der Waals surface area contributed by atoms with Crippen molar-refractivity contribution in [3.05, 3.63) is 65.2 Å². The van der Waals surface area contributed by atoms with Crippen molar-refractivity contribution in [3.63, 3.8) is 0 Å². The van der Waals surface area contributed by atoms with Gasteiger partial charge in [0.15, 0.2) is 0 Å². The fraction of sp³-hybridized carbons (Fsp3) is 0.348. The number of para-hydroxylation sites is 1. The number of ether oxygens (including phenoxy) is 1. The van der Waals surface area contributed by atoms with Crippen LogP contribution in [0.3, 0.4) is 0 Å². The summed E-state index contributed by atoms with van der Waals surface area (Å²) in [7, 11) is 0. The molecule has 1 aliphatic rings. The standard InChI is InChI=1S/C23H28N4O4/c1-17-6-8-18(9-7-17)16-25-21(28)19-4-2-3-5-20(19)26-23(30)22(29)24-10-11-27-12-14-31-15-13-27/h2-9H,10-16H2,1H3,(H,24,29)(H,25,28)(H,26,30). The maximum Gasteiger partial charge on any atom is 0.313 e. The Hall–Kier alpha value is -3.23. The highest BCUT2D eigenvalue weighted by atomic mass is 16.5. The highest BCUT2D eigenvalue weighted by Crippen LogP contribution is 2.15. The van der Waals surface area contributed by atoms with Crippen molar-refractivity contribution >= 4 is 23.4 Å². The molecule has 0 saturated carbocycles. The zero-order valence-electron chi connectivity index (χ0n) is 17.6. The number of nitrogens with one attached hydrogen (secondary N) is 3. The maximum absolute atomic E-state index is 12.6. The van der Waals surface area contributed by atoms with Crippen molar-refractivity contribution in [2.24, 2.45) is 0 Å². The molecule has 8 heteroatoms. The van der Waals surface area contributed by atoms with Gasteiger partial charge in [-0.1, -0.05) is 42.0 Å². The minimum Gasteiger partial charge on any atom is -0.379 e. The van der Waals surface area contributed by atoms with Gasteiger partial charge in [-0.15, -0.1) is 0 Å². The Morgan fingerprint density at radius 3 is 2.39 bits per heavy atom. The molecule has 1 fully saturated rings. The number of nitrogens with zero attached hydrogens (tertiary/aromatic N) is 1. The lowest BCUT2D eigenvalue weighted by atomic mass is 10.1. The van der Waals surface area contributed by atoms with Crippen LogP contribution in [0.15, 0.2) is 48.5 Å². The number of aryl methyl sites for hydroxylation is 1. The monoisotopic (exact) mass is 424 g/mol. The molecule has 31 heavy (non-hydrogen) atoms. The van der Waals surface area contributed by atoms with Gasteiger partial charge in [0.1, 0.15) is 0 Å². The summed E-state index contributed by atoms with van der Waals surface area (Å²) < 4.78 is 5.28. The van der Waals surface area contributed by atoms with Gasteiger partial charge in [0.25, 0.3) is 5.91 Å². The Labute approximate surface area is 182 Å². The lowest BCUT2D eigenvalue weighted by Crippen LogP contribution is -2.43. The first kappa shape index (κ1) is 22.5. The molecular weight excluding hydrogens is 396 g/mol. The van der Waals surface area contributed by atoms with E-state index in [2.05, 4.69) is 20.9 Å². The van der Waals surface area contributed by atoms with Gasteiger partial charge in [0.2, 0.25) is 0 Å². The molecule has 0 aromatic heterocycles. The number of benzene rings is 2. The molecule has 0 unspecified atom stereocenters. The van der Waals surface area contributed by atoms with Crippen LogP contribution in [-0.2, 0) is 20.9 Å². The van der Waals surface area contributed by atoms with Crippen molar-refractivity contribution in [3.8, 4) is 0 Å². The molecule has 1 aliphatic heterocycles. The zero-order valence-corrected chi connectivity index (χ0v) is 17.6. The van der Waals surface area contributed by atoms with Gasteiger partial charge in [-0.05, 0) is 24.6 Å². The SMILES string of the molecule is Cc1ccc(CNC(=O)c2ccccc2NC(=O)C(=O)NCCN2CCOCC2)cc1. The van der Waals surface area contributed by atoms with Crippen LogP contribution < -0.4 is 16.0 Å². The summed E-state index contributed by atoms with van der Waals surface area (Å²) in [4.78, 5) is 39.2. The molecule has 1 heterocycles. The summed E-state index contributed by atoms with van der Waals surface area (Å²) >= 11 is 0. The van der Waals surface area contributed by atoms with E-state index >= 15 is 0 Å². The van der Waals surface area contributed by atoms with Crippen LogP contribution in [-0.4, -0.2) is 62.0 Å². The van der Waals surface area contributed by atoms with Gasteiger partial charge in [0.05, 0.1) is 24.5 Å². The van der Waals surface area contributed by atoms with E-state index in [0.717, 1.165) is 24.2 Å². The number of carbonyl (C=O) groups is 3. The topological polar surface area (TPSA) is 99.8 Å². The second-order valence-electron chi connectivity index (χ2n) is 7.38. The number of morpholine rings is 1. The van der Waals surface area contributed by atoms with Gasteiger partial charge in [-0.3, -0.25) is 19.3 Å². The van der Waals surface area contributed by atoms with E-state index in [9.17, 15) is 14.4 Å². The Bertz CT molecular complexity index is 908. The van der Waals surface area contributed by atoms with E-state index in [-0.39, 0.29) is 11.6 Å². The quantitative estimate of drug-likeness (QED) is 0.582. The molecular formula is C23H28N4O4. The predicted octanol–water partition coefficient (Wildman–Crippen LogP) is 1.31. The third-order valence-corrected chi connectivity index (χ3v) is 5.02. The first-order chi connectivity index (χ1) is 15.0. The second-order valence-corrected chi connectivity index (χ2v) is 7.38. The van der Waals surface area contributed by atoms with Crippen LogP contribution in [0.5, 0.6) is 0 Å². The van der Waals surface area contributed by atoms with E-state index < -0.39 is 11.8 Å². The second kappa shape index (κ2) is 11.2. The summed E-state index contributed by atoms with van der Waals surface area (Å²) in [6.45, 7) is 6.36. The fourth-order valence-corrected chi connectivity index (χ4v) is 3.19. The maximum atomic E-state index is 12.6.